The van der Waals surface area contributed by atoms with E-state index >= 15 is 0 Å². The molecule has 2 saturated heterocycles. The van der Waals surface area contributed by atoms with Crippen LogP contribution < -0.4 is 0 Å². The summed E-state index contributed by atoms with van der Waals surface area (Å²) in [6, 6.07) is 0. The maximum absolute atomic E-state index is 12.3. The lowest BCUT2D eigenvalue weighted by Gasteiger charge is -2.50. The molecule has 2 fully saturated rings. The van der Waals surface area contributed by atoms with Gasteiger partial charge in [-0.2, -0.15) is 17.0 Å². The Balaban J connectivity index is 2.19. The van der Waals surface area contributed by atoms with E-state index in [4.69, 9.17) is 9.47 Å². The van der Waals surface area contributed by atoms with Crippen molar-refractivity contribution in [3.63, 3.8) is 0 Å². The maximum atomic E-state index is 12.3. The lowest BCUT2D eigenvalue weighted by atomic mass is 9.73. The summed E-state index contributed by atoms with van der Waals surface area (Å²) in [5, 5.41) is 0. The summed E-state index contributed by atoms with van der Waals surface area (Å²) in [7, 11) is -0.203. The molecule has 2 heterocycles. The van der Waals surface area contributed by atoms with Crippen LogP contribution in [0.25, 0.3) is 0 Å². The minimum absolute atomic E-state index is 0.122. The molecule has 2 aliphatic heterocycles. The highest BCUT2D eigenvalue weighted by molar-refractivity contribution is 7.86. The van der Waals surface area contributed by atoms with Crippen LogP contribution in [0.2, 0.25) is 0 Å². The molecule has 0 amide bonds. The first-order valence-electron chi connectivity index (χ1n) is 7.29. The topological polar surface area (TPSA) is 59.1 Å². The van der Waals surface area contributed by atoms with Crippen molar-refractivity contribution in [1.82, 2.24) is 8.61 Å². The Labute approximate surface area is 122 Å². The Hall–Kier alpha value is -0.210. The first-order chi connectivity index (χ1) is 9.42. The SMILES string of the molecule is CCOCC12CCCOC1CCN(S(=O)(=O)N(C)C)C2. The Morgan fingerprint density at radius 1 is 1.45 bits per heavy atom. The summed E-state index contributed by atoms with van der Waals surface area (Å²) in [6.45, 7) is 4.99. The van der Waals surface area contributed by atoms with Gasteiger partial charge in [-0.25, -0.2) is 0 Å². The van der Waals surface area contributed by atoms with E-state index in [0.717, 1.165) is 25.9 Å². The van der Waals surface area contributed by atoms with Crippen LogP contribution in [0.3, 0.4) is 0 Å². The zero-order valence-electron chi connectivity index (χ0n) is 12.7. The summed E-state index contributed by atoms with van der Waals surface area (Å²) in [4.78, 5) is 0. The standard InChI is InChI=1S/C13H26N2O4S/c1-4-18-11-13-7-5-9-19-12(13)6-8-15(10-13)20(16,17)14(2)3/h12H,4-11H2,1-3H3. The normalized spacial score (nSPS) is 32.3. The number of piperidine rings is 1. The molecular weight excluding hydrogens is 280 g/mol. The second kappa shape index (κ2) is 6.27. The van der Waals surface area contributed by atoms with Gasteiger partial charge in [-0.1, -0.05) is 0 Å². The third kappa shape index (κ3) is 3.01. The van der Waals surface area contributed by atoms with Gasteiger partial charge >= 0.3 is 0 Å². The predicted molar refractivity (Wildman–Crippen MR) is 76.7 cm³/mol. The zero-order chi connectivity index (χ0) is 14.8. The predicted octanol–water partition coefficient (Wildman–Crippen LogP) is 0.700. The fourth-order valence-electron chi connectivity index (χ4n) is 3.19. The number of ether oxygens (including phenoxy) is 2. The molecular formula is C13H26N2O4S. The number of hydrogen-bond donors (Lipinski definition) is 0. The molecule has 0 bridgehead atoms. The molecule has 2 rings (SSSR count). The van der Waals surface area contributed by atoms with E-state index in [1.165, 1.54) is 4.31 Å². The number of hydrogen-bond acceptors (Lipinski definition) is 4. The zero-order valence-corrected chi connectivity index (χ0v) is 13.5. The largest absolute Gasteiger partial charge is 0.381 e. The minimum atomic E-state index is -3.36. The number of fused-ring (bicyclic) bond motifs is 1. The molecule has 0 spiro atoms. The van der Waals surface area contributed by atoms with Crippen molar-refractivity contribution in [2.75, 3.05) is 47.0 Å². The number of rotatable bonds is 5. The molecule has 7 heteroatoms. The van der Waals surface area contributed by atoms with Crippen LogP contribution in [-0.2, 0) is 19.7 Å². The van der Waals surface area contributed by atoms with Crippen molar-refractivity contribution in [2.45, 2.75) is 32.3 Å². The molecule has 6 nitrogen and oxygen atoms in total. The van der Waals surface area contributed by atoms with Crippen LogP contribution >= 0.6 is 0 Å². The van der Waals surface area contributed by atoms with Gasteiger partial charge in [0.2, 0.25) is 0 Å². The van der Waals surface area contributed by atoms with Gasteiger partial charge < -0.3 is 9.47 Å². The lowest BCUT2D eigenvalue weighted by Crippen LogP contribution is -2.59. The van der Waals surface area contributed by atoms with Gasteiger partial charge in [-0.15, -0.1) is 0 Å². The van der Waals surface area contributed by atoms with E-state index in [-0.39, 0.29) is 11.5 Å². The van der Waals surface area contributed by atoms with Crippen molar-refractivity contribution >= 4 is 10.2 Å². The Kier molecular flexibility index (Phi) is 5.07. The molecule has 2 unspecified atom stereocenters. The molecule has 0 aromatic carbocycles. The van der Waals surface area contributed by atoms with Crippen molar-refractivity contribution in [1.29, 1.82) is 0 Å². The molecule has 0 radical (unpaired) electrons. The molecule has 0 saturated carbocycles. The van der Waals surface area contributed by atoms with Gasteiger partial charge in [0.25, 0.3) is 10.2 Å². The van der Waals surface area contributed by atoms with Crippen molar-refractivity contribution in [2.24, 2.45) is 5.41 Å². The third-order valence-corrected chi connectivity index (χ3v) is 6.22. The van der Waals surface area contributed by atoms with Crippen molar-refractivity contribution in [3.8, 4) is 0 Å². The van der Waals surface area contributed by atoms with Gasteiger partial charge in [0.15, 0.2) is 0 Å². The summed E-state index contributed by atoms with van der Waals surface area (Å²) in [6.07, 6.45) is 2.81. The van der Waals surface area contributed by atoms with E-state index in [9.17, 15) is 8.42 Å². The molecule has 0 aromatic rings. The highest BCUT2D eigenvalue weighted by Gasteiger charge is 2.48. The first kappa shape index (κ1) is 16.2. The van der Waals surface area contributed by atoms with E-state index in [0.29, 0.717) is 26.3 Å². The number of nitrogens with zero attached hydrogens (tertiary/aromatic N) is 2. The molecule has 2 aliphatic rings. The summed E-state index contributed by atoms with van der Waals surface area (Å²) >= 11 is 0. The van der Waals surface area contributed by atoms with Gasteiger partial charge in [0.1, 0.15) is 0 Å². The van der Waals surface area contributed by atoms with Crippen LogP contribution in [-0.4, -0.2) is 70.1 Å². The first-order valence-corrected chi connectivity index (χ1v) is 8.69. The Bertz CT molecular complexity index is 426. The van der Waals surface area contributed by atoms with E-state index < -0.39 is 10.2 Å². The quantitative estimate of drug-likeness (QED) is 0.750. The van der Waals surface area contributed by atoms with E-state index in [2.05, 4.69) is 0 Å². The van der Waals surface area contributed by atoms with Crippen molar-refractivity contribution < 1.29 is 17.9 Å². The van der Waals surface area contributed by atoms with Crippen molar-refractivity contribution in [3.05, 3.63) is 0 Å². The average Bonchev–Trinajstić information content (AvgIpc) is 2.44. The summed E-state index contributed by atoms with van der Waals surface area (Å²) in [5.74, 6) is 0. The molecule has 0 aromatic heterocycles. The van der Waals surface area contributed by atoms with Gasteiger partial charge in [-0.05, 0) is 26.2 Å². The monoisotopic (exact) mass is 306 g/mol. The van der Waals surface area contributed by atoms with Crippen LogP contribution in [0.5, 0.6) is 0 Å². The third-order valence-electron chi connectivity index (χ3n) is 4.33. The van der Waals surface area contributed by atoms with Gasteiger partial charge in [0, 0.05) is 45.8 Å². The van der Waals surface area contributed by atoms with Crippen LogP contribution in [0, 0.1) is 5.41 Å². The summed E-state index contributed by atoms with van der Waals surface area (Å²) < 4.78 is 39.1. The second-order valence-corrected chi connectivity index (χ2v) is 8.02. The Morgan fingerprint density at radius 2 is 2.20 bits per heavy atom. The minimum Gasteiger partial charge on any atom is -0.381 e. The fraction of sp³-hybridized carbons (Fsp3) is 1.00. The Morgan fingerprint density at radius 3 is 2.85 bits per heavy atom. The second-order valence-electron chi connectivity index (χ2n) is 5.87. The van der Waals surface area contributed by atoms with Crippen LogP contribution in [0.1, 0.15) is 26.2 Å². The average molecular weight is 306 g/mol. The summed E-state index contributed by atoms with van der Waals surface area (Å²) in [5.41, 5.74) is -0.185. The maximum Gasteiger partial charge on any atom is 0.281 e. The van der Waals surface area contributed by atoms with Crippen LogP contribution in [0.4, 0.5) is 0 Å². The highest BCUT2D eigenvalue weighted by Crippen LogP contribution is 2.41. The van der Waals surface area contributed by atoms with E-state index in [1.54, 1.807) is 18.4 Å². The van der Waals surface area contributed by atoms with E-state index in [1.807, 2.05) is 6.92 Å². The van der Waals surface area contributed by atoms with Gasteiger partial charge in [0.05, 0.1) is 12.7 Å². The fourth-order valence-corrected chi connectivity index (χ4v) is 4.41. The molecule has 0 N–H and O–H groups in total. The molecule has 118 valence electrons. The smallest absolute Gasteiger partial charge is 0.281 e. The highest BCUT2D eigenvalue weighted by atomic mass is 32.2. The van der Waals surface area contributed by atoms with Gasteiger partial charge in [-0.3, -0.25) is 0 Å². The molecule has 0 aliphatic carbocycles. The lowest BCUT2D eigenvalue weighted by molar-refractivity contribution is -0.141. The molecule has 2 atom stereocenters. The molecule has 20 heavy (non-hydrogen) atoms. The van der Waals surface area contributed by atoms with Crippen LogP contribution in [0.15, 0.2) is 0 Å².